The van der Waals surface area contributed by atoms with Crippen molar-refractivity contribution in [3.63, 3.8) is 0 Å². The van der Waals surface area contributed by atoms with Crippen molar-refractivity contribution in [1.29, 1.82) is 0 Å². The van der Waals surface area contributed by atoms with E-state index in [0.717, 1.165) is 16.8 Å². The zero-order valence-corrected chi connectivity index (χ0v) is 17.7. The molecular weight excluding hydrogens is 420 g/mol. The molecule has 164 valence electrons. The summed E-state index contributed by atoms with van der Waals surface area (Å²) in [7, 11) is 0. The van der Waals surface area contributed by atoms with Crippen LogP contribution in [0.4, 0.5) is 13.6 Å². The summed E-state index contributed by atoms with van der Waals surface area (Å²) in [6, 6.07) is 1.92. The van der Waals surface area contributed by atoms with Crippen molar-refractivity contribution >= 4 is 17.7 Å². The van der Waals surface area contributed by atoms with Gasteiger partial charge in [-0.2, -0.15) is 5.10 Å². The van der Waals surface area contributed by atoms with Crippen molar-refractivity contribution in [3.05, 3.63) is 41.2 Å². The molecule has 2 aromatic rings. The van der Waals surface area contributed by atoms with Crippen molar-refractivity contribution in [1.82, 2.24) is 9.78 Å². The summed E-state index contributed by atoms with van der Waals surface area (Å²) in [6.45, 7) is 6.26. The lowest BCUT2D eigenvalue weighted by atomic mass is 9.77. The third kappa shape index (κ3) is 5.02. The molecule has 0 aliphatic carbocycles. The Kier molecular flexibility index (Phi) is 6.52. The van der Waals surface area contributed by atoms with E-state index in [0.29, 0.717) is 18.1 Å². The molecule has 1 aliphatic rings. The molecule has 1 saturated heterocycles. The van der Waals surface area contributed by atoms with Gasteiger partial charge in [0.25, 0.3) is 0 Å². The summed E-state index contributed by atoms with van der Waals surface area (Å²) < 4.78 is 47.0. The summed E-state index contributed by atoms with van der Waals surface area (Å²) in [6.07, 6.45) is 1.31. The van der Waals surface area contributed by atoms with E-state index in [1.807, 2.05) is 20.8 Å². The number of hydrogen-bond acceptors (Lipinski definition) is 5. The van der Waals surface area contributed by atoms with Gasteiger partial charge < -0.3 is 19.9 Å². The number of ether oxygens (including phenoxy) is 3. The van der Waals surface area contributed by atoms with E-state index < -0.39 is 29.7 Å². The van der Waals surface area contributed by atoms with E-state index in [-0.39, 0.29) is 29.6 Å². The zero-order valence-electron chi connectivity index (χ0n) is 16.9. The molecule has 1 aromatic heterocycles. The van der Waals surface area contributed by atoms with Crippen LogP contribution in [0.15, 0.2) is 24.5 Å². The maximum atomic E-state index is 14.6. The molecule has 0 radical (unpaired) electrons. The largest absolute Gasteiger partial charge is 0.490 e. The molecule has 2 heterocycles. The standard InChI is InChI=1S/C20H24ClF2N3O4/c1-20(2,3)18-12(16(4-5-28-18)30-19(24)27)10-29-17-7-13(22)15(6-14(17)23)26-9-11(21)8-25-26/h6-9,12,16,18H,4-5,10H2,1-3H3,(H2,24,27)/t12-,16+,18?/m1/s1. The number of halogens is 3. The summed E-state index contributed by atoms with van der Waals surface area (Å²) >= 11 is 5.79. The van der Waals surface area contributed by atoms with Gasteiger partial charge in [0, 0.05) is 24.8 Å². The lowest BCUT2D eigenvalue weighted by Gasteiger charge is -2.43. The average molecular weight is 444 g/mol. The fraction of sp³-hybridized carbons (Fsp3) is 0.500. The Labute approximate surface area is 178 Å². The molecule has 0 saturated carbocycles. The number of primary amides is 1. The van der Waals surface area contributed by atoms with Gasteiger partial charge in [-0.1, -0.05) is 32.4 Å². The molecule has 2 N–H and O–H groups in total. The highest BCUT2D eigenvalue weighted by Crippen LogP contribution is 2.36. The number of amides is 1. The van der Waals surface area contributed by atoms with Gasteiger partial charge in [-0.25, -0.2) is 18.3 Å². The van der Waals surface area contributed by atoms with E-state index in [4.69, 9.17) is 31.5 Å². The summed E-state index contributed by atoms with van der Waals surface area (Å²) in [5, 5.41) is 4.16. The minimum absolute atomic E-state index is 0.0524. The molecule has 7 nitrogen and oxygen atoms in total. The number of carbonyl (C=O) groups excluding carboxylic acids is 1. The van der Waals surface area contributed by atoms with Crippen LogP contribution < -0.4 is 10.5 Å². The Morgan fingerprint density at radius 3 is 2.70 bits per heavy atom. The van der Waals surface area contributed by atoms with Crippen LogP contribution in [0.25, 0.3) is 5.69 Å². The zero-order chi connectivity index (χ0) is 22.1. The molecule has 1 aliphatic heterocycles. The Balaban J connectivity index is 1.82. The lowest BCUT2D eigenvalue weighted by molar-refractivity contribution is -0.143. The van der Waals surface area contributed by atoms with Gasteiger partial charge in [0.05, 0.1) is 36.5 Å². The predicted molar refractivity (Wildman–Crippen MR) is 106 cm³/mol. The number of aromatic nitrogens is 2. The van der Waals surface area contributed by atoms with Gasteiger partial charge in [0.2, 0.25) is 0 Å². The Bertz CT molecular complexity index is 916. The Morgan fingerprint density at radius 2 is 2.10 bits per heavy atom. The average Bonchev–Trinajstić information content (AvgIpc) is 3.07. The quantitative estimate of drug-likeness (QED) is 0.751. The number of rotatable bonds is 5. The molecule has 3 atom stereocenters. The van der Waals surface area contributed by atoms with E-state index in [1.165, 1.54) is 12.4 Å². The molecule has 1 aromatic carbocycles. The van der Waals surface area contributed by atoms with Gasteiger partial charge in [0.1, 0.15) is 11.8 Å². The van der Waals surface area contributed by atoms with E-state index in [9.17, 15) is 13.6 Å². The summed E-state index contributed by atoms with van der Waals surface area (Å²) in [4.78, 5) is 11.3. The van der Waals surface area contributed by atoms with E-state index in [1.54, 1.807) is 0 Å². The molecule has 30 heavy (non-hydrogen) atoms. The van der Waals surface area contributed by atoms with Gasteiger partial charge in [0.15, 0.2) is 17.4 Å². The van der Waals surface area contributed by atoms with Crippen LogP contribution in [0.3, 0.4) is 0 Å². The second-order valence-corrected chi connectivity index (χ2v) is 8.67. The predicted octanol–water partition coefficient (Wildman–Crippen LogP) is 4.10. The molecule has 10 heteroatoms. The number of benzene rings is 1. The third-order valence-corrected chi connectivity index (χ3v) is 5.11. The highest BCUT2D eigenvalue weighted by Gasteiger charge is 2.43. The fourth-order valence-corrected chi connectivity index (χ4v) is 3.79. The second-order valence-electron chi connectivity index (χ2n) is 8.23. The molecule has 0 bridgehead atoms. The smallest absolute Gasteiger partial charge is 0.404 e. The van der Waals surface area contributed by atoms with Crippen LogP contribution in [0.5, 0.6) is 5.75 Å². The molecule has 1 fully saturated rings. The first kappa shape index (κ1) is 22.3. The number of carbonyl (C=O) groups is 1. The molecule has 3 rings (SSSR count). The molecular formula is C20H24ClF2N3O4. The molecule has 0 spiro atoms. The lowest BCUT2D eigenvalue weighted by Crippen LogP contribution is -2.51. The van der Waals surface area contributed by atoms with Gasteiger partial charge in [-0.05, 0) is 5.41 Å². The molecule has 1 amide bonds. The van der Waals surface area contributed by atoms with Crippen LogP contribution >= 0.6 is 11.6 Å². The molecule has 1 unspecified atom stereocenters. The highest BCUT2D eigenvalue weighted by atomic mass is 35.5. The van der Waals surface area contributed by atoms with Crippen LogP contribution in [0, 0.1) is 23.0 Å². The monoisotopic (exact) mass is 443 g/mol. The Hall–Kier alpha value is -2.39. The van der Waals surface area contributed by atoms with Crippen LogP contribution in [-0.4, -0.2) is 41.3 Å². The van der Waals surface area contributed by atoms with Crippen molar-refractivity contribution < 1.29 is 27.8 Å². The SMILES string of the molecule is CC(C)(C)C1OCC[C@H](OC(N)=O)[C@H]1COc1cc(F)c(-n2cc(Cl)cn2)cc1F. The number of nitrogens with zero attached hydrogens (tertiary/aromatic N) is 2. The number of hydrogen-bond donors (Lipinski definition) is 1. The fourth-order valence-electron chi connectivity index (χ4n) is 3.65. The second kappa shape index (κ2) is 8.77. The van der Waals surface area contributed by atoms with Gasteiger partial charge >= 0.3 is 6.09 Å². The normalized spacial score (nSPS) is 22.0. The van der Waals surface area contributed by atoms with Gasteiger partial charge in [-0.3, -0.25) is 0 Å². The first-order valence-electron chi connectivity index (χ1n) is 9.46. The van der Waals surface area contributed by atoms with E-state index in [2.05, 4.69) is 5.10 Å². The summed E-state index contributed by atoms with van der Waals surface area (Å²) in [5.41, 5.74) is 4.79. The first-order valence-corrected chi connectivity index (χ1v) is 9.84. The minimum Gasteiger partial charge on any atom is -0.490 e. The van der Waals surface area contributed by atoms with Crippen molar-refractivity contribution in [3.8, 4) is 11.4 Å². The minimum atomic E-state index is -0.904. The topological polar surface area (TPSA) is 88.6 Å². The summed E-state index contributed by atoms with van der Waals surface area (Å²) in [5.74, 6) is -2.19. The Morgan fingerprint density at radius 1 is 1.37 bits per heavy atom. The van der Waals surface area contributed by atoms with Crippen LogP contribution in [-0.2, 0) is 9.47 Å². The van der Waals surface area contributed by atoms with Crippen molar-refractivity contribution in [2.45, 2.75) is 39.4 Å². The third-order valence-electron chi connectivity index (χ3n) is 4.92. The van der Waals surface area contributed by atoms with Crippen LogP contribution in [0.1, 0.15) is 27.2 Å². The van der Waals surface area contributed by atoms with Crippen molar-refractivity contribution in [2.24, 2.45) is 17.1 Å². The highest BCUT2D eigenvalue weighted by molar-refractivity contribution is 6.30. The maximum Gasteiger partial charge on any atom is 0.404 e. The maximum absolute atomic E-state index is 14.6. The van der Waals surface area contributed by atoms with Crippen LogP contribution in [0.2, 0.25) is 5.02 Å². The van der Waals surface area contributed by atoms with Crippen molar-refractivity contribution in [2.75, 3.05) is 13.2 Å². The van der Waals surface area contributed by atoms with Gasteiger partial charge in [-0.15, -0.1) is 0 Å². The van der Waals surface area contributed by atoms with E-state index >= 15 is 0 Å². The first-order chi connectivity index (χ1) is 14.1. The number of nitrogens with two attached hydrogens (primary N) is 1.